The van der Waals surface area contributed by atoms with Crippen LogP contribution < -0.4 is 0 Å². The highest BCUT2D eigenvalue weighted by Crippen LogP contribution is 2.32. The molecule has 0 radical (unpaired) electrons. The Hall–Kier alpha value is -1.41. The van der Waals surface area contributed by atoms with Crippen molar-refractivity contribution < 1.29 is 14.3 Å². The van der Waals surface area contributed by atoms with E-state index in [1.54, 1.807) is 0 Å². The highest BCUT2D eigenvalue weighted by Gasteiger charge is 2.45. The summed E-state index contributed by atoms with van der Waals surface area (Å²) in [6, 6.07) is 2.24. The smallest absolute Gasteiger partial charge is 0.256 e. The van der Waals surface area contributed by atoms with Gasteiger partial charge in [0.25, 0.3) is 11.8 Å². The standard InChI is InChI=1S/C13H18N2O3/c14-10-13(6-4-2-1-3-5-7-13)15-11(16)8-18-9-12(15)17/h1-9H2. The van der Waals surface area contributed by atoms with Gasteiger partial charge in [-0.3, -0.25) is 14.5 Å². The van der Waals surface area contributed by atoms with Gasteiger partial charge in [-0.25, -0.2) is 0 Å². The first-order valence-corrected chi connectivity index (χ1v) is 6.54. The van der Waals surface area contributed by atoms with E-state index >= 15 is 0 Å². The molecule has 0 aromatic heterocycles. The fraction of sp³-hybridized carbons (Fsp3) is 0.769. The lowest BCUT2D eigenvalue weighted by atomic mass is 9.83. The average Bonchev–Trinajstić information content (AvgIpc) is 2.31. The molecular formula is C13H18N2O3. The third-order valence-electron chi connectivity index (χ3n) is 3.77. The van der Waals surface area contributed by atoms with Gasteiger partial charge in [0.2, 0.25) is 0 Å². The van der Waals surface area contributed by atoms with Crippen molar-refractivity contribution in [2.45, 2.75) is 50.5 Å². The molecule has 0 unspecified atom stereocenters. The number of imide groups is 1. The number of nitriles is 1. The lowest BCUT2D eigenvalue weighted by Gasteiger charge is -2.40. The lowest BCUT2D eigenvalue weighted by Crippen LogP contribution is -2.58. The fourth-order valence-electron chi connectivity index (χ4n) is 2.85. The number of hydrogen-bond acceptors (Lipinski definition) is 4. The van der Waals surface area contributed by atoms with Gasteiger partial charge in [-0.2, -0.15) is 5.26 Å². The third-order valence-corrected chi connectivity index (χ3v) is 3.77. The molecule has 1 saturated carbocycles. The molecule has 2 aliphatic rings. The molecule has 1 saturated heterocycles. The Kier molecular flexibility index (Phi) is 3.97. The van der Waals surface area contributed by atoms with Gasteiger partial charge < -0.3 is 4.74 Å². The van der Waals surface area contributed by atoms with Gasteiger partial charge >= 0.3 is 0 Å². The van der Waals surface area contributed by atoms with Gasteiger partial charge in [-0.15, -0.1) is 0 Å². The fourth-order valence-corrected chi connectivity index (χ4v) is 2.85. The second-order valence-corrected chi connectivity index (χ2v) is 5.03. The van der Waals surface area contributed by atoms with E-state index < -0.39 is 5.54 Å². The highest BCUT2D eigenvalue weighted by molar-refractivity contribution is 5.99. The lowest BCUT2D eigenvalue weighted by molar-refractivity contribution is -0.165. The van der Waals surface area contributed by atoms with Crippen molar-refractivity contribution >= 4 is 11.8 Å². The van der Waals surface area contributed by atoms with E-state index in [1.807, 2.05) is 0 Å². The maximum atomic E-state index is 11.9. The first-order valence-electron chi connectivity index (χ1n) is 6.54. The first-order chi connectivity index (χ1) is 8.69. The van der Waals surface area contributed by atoms with Crippen molar-refractivity contribution in [3.63, 3.8) is 0 Å². The molecule has 1 aliphatic heterocycles. The summed E-state index contributed by atoms with van der Waals surface area (Å²) in [5.74, 6) is -0.734. The minimum Gasteiger partial charge on any atom is -0.362 e. The van der Waals surface area contributed by atoms with E-state index in [2.05, 4.69) is 6.07 Å². The van der Waals surface area contributed by atoms with E-state index in [-0.39, 0.29) is 25.0 Å². The van der Waals surface area contributed by atoms with Crippen molar-refractivity contribution in [2.24, 2.45) is 0 Å². The van der Waals surface area contributed by atoms with Crippen LogP contribution in [0.5, 0.6) is 0 Å². The predicted octanol–water partition coefficient (Wildman–Crippen LogP) is 1.38. The van der Waals surface area contributed by atoms with Crippen LogP contribution in [0.15, 0.2) is 0 Å². The number of carbonyl (C=O) groups excluding carboxylic acids is 2. The number of rotatable bonds is 1. The molecule has 18 heavy (non-hydrogen) atoms. The minimum atomic E-state index is -0.932. The Morgan fingerprint density at radius 3 is 2.00 bits per heavy atom. The molecule has 2 amide bonds. The van der Waals surface area contributed by atoms with Gasteiger partial charge in [0.05, 0.1) is 6.07 Å². The first kappa shape index (κ1) is 13.0. The number of morpholine rings is 1. The van der Waals surface area contributed by atoms with Crippen LogP contribution in [0.2, 0.25) is 0 Å². The third kappa shape index (κ3) is 2.39. The van der Waals surface area contributed by atoms with Gasteiger partial charge in [-0.05, 0) is 12.8 Å². The molecule has 0 atom stereocenters. The van der Waals surface area contributed by atoms with Crippen molar-refractivity contribution in [3.05, 3.63) is 0 Å². The summed E-state index contributed by atoms with van der Waals surface area (Å²) in [5.41, 5.74) is -0.932. The summed E-state index contributed by atoms with van der Waals surface area (Å²) in [5, 5.41) is 9.51. The topological polar surface area (TPSA) is 70.4 Å². The van der Waals surface area contributed by atoms with E-state index in [1.165, 1.54) is 11.3 Å². The number of nitrogens with zero attached hydrogens (tertiary/aromatic N) is 2. The van der Waals surface area contributed by atoms with E-state index in [4.69, 9.17) is 4.74 Å². The molecule has 0 bridgehead atoms. The zero-order chi connectivity index (χ0) is 13.0. The van der Waals surface area contributed by atoms with Crippen LogP contribution in [0.4, 0.5) is 0 Å². The van der Waals surface area contributed by atoms with Crippen LogP contribution in [0.1, 0.15) is 44.9 Å². The molecule has 2 rings (SSSR count). The Labute approximate surface area is 107 Å². The van der Waals surface area contributed by atoms with Crippen molar-refractivity contribution in [2.75, 3.05) is 13.2 Å². The van der Waals surface area contributed by atoms with Crippen LogP contribution in [-0.2, 0) is 14.3 Å². The predicted molar refractivity (Wildman–Crippen MR) is 63.3 cm³/mol. The Bertz CT molecular complexity index is 362. The molecule has 2 fully saturated rings. The molecule has 0 N–H and O–H groups in total. The summed E-state index contributed by atoms with van der Waals surface area (Å²) >= 11 is 0. The molecule has 0 aromatic carbocycles. The maximum absolute atomic E-state index is 11.9. The monoisotopic (exact) mass is 250 g/mol. The maximum Gasteiger partial charge on any atom is 0.256 e. The van der Waals surface area contributed by atoms with Crippen LogP contribution in [0, 0.1) is 11.3 Å². The normalized spacial score (nSPS) is 25.2. The van der Waals surface area contributed by atoms with E-state index in [0.717, 1.165) is 25.7 Å². The van der Waals surface area contributed by atoms with Crippen LogP contribution in [-0.4, -0.2) is 35.5 Å². The molecule has 5 heteroatoms. The highest BCUT2D eigenvalue weighted by atomic mass is 16.5. The van der Waals surface area contributed by atoms with Crippen molar-refractivity contribution in [1.29, 1.82) is 5.26 Å². The number of ether oxygens (including phenoxy) is 1. The zero-order valence-corrected chi connectivity index (χ0v) is 10.5. The second-order valence-electron chi connectivity index (χ2n) is 5.03. The molecule has 98 valence electrons. The van der Waals surface area contributed by atoms with Gasteiger partial charge in [0.1, 0.15) is 18.8 Å². The largest absolute Gasteiger partial charge is 0.362 e. The Morgan fingerprint density at radius 1 is 1.00 bits per heavy atom. The van der Waals surface area contributed by atoms with E-state index in [9.17, 15) is 14.9 Å². The number of carbonyl (C=O) groups is 2. The van der Waals surface area contributed by atoms with Crippen LogP contribution in [0.25, 0.3) is 0 Å². The molecule has 1 aliphatic carbocycles. The molecule has 0 aromatic rings. The summed E-state index contributed by atoms with van der Waals surface area (Å²) in [7, 11) is 0. The average molecular weight is 250 g/mol. The number of amides is 2. The molecule has 0 spiro atoms. The summed E-state index contributed by atoms with van der Waals surface area (Å²) in [6.07, 6.45) is 6.29. The quantitative estimate of drug-likeness (QED) is 0.659. The Balaban J connectivity index is 2.25. The number of hydrogen-bond donors (Lipinski definition) is 0. The molecular weight excluding hydrogens is 232 g/mol. The summed E-state index contributed by atoms with van der Waals surface area (Å²) < 4.78 is 4.91. The Morgan fingerprint density at radius 2 is 1.50 bits per heavy atom. The molecule has 1 heterocycles. The molecule has 5 nitrogen and oxygen atoms in total. The summed E-state index contributed by atoms with van der Waals surface area (Å²) in [6.45, 7) is -0.176. The van der Waals surface area contributed by atoms with Crippen LogP contribution in [0.3, 0.4) is 0 Å². The van der Waals surface area contributed by atoms with Crippen molar-refractivity contribution in [1.82, 2.24) is 4.90 Å². The second kappa shape index (κ2) is 5.49. The summed E-state index contributed by atoms with van der Waals surface area (Å²) in [4.78, 5) is 25.0. The SMILES string of the molecule is N#CC1(N2C(=O)COCC2=O)CCCCCCC1. The van der Waals surface area contributed by atoms with Crippen LogP contribution >= 0.6 is 0 Å². The van der Waals surface area contributed by atoms with E-state index in [0.29, 0.717) is 12.8 Å². The van der Waals surface area contributed by atoms with Gasteiger partial charge in [0, 0.05) is 0 Å². The minimum absolute atomic E-state index is 0.0881. The van der Waals surface area contributed by atoms with Crippen molar-refractivity contribution in [3.8, 4) is 6.07 Å². The van der Waals surface area contributed by atoms with Gasteiger partial charge in [-0.1, -0.05) is 32.1 Å². The van der Waals surface area contributed by atoms with Gasteiger partial charge in [0.15, 0.2) is 0 Å². The zero-order valence-electron chi connectivity index (χ0n) is 10.5.